The Morgan fingerprint density at radius 1 is 1.33 bits per heavy atom. The van der Waals surface area contributed by atoms with E-state index in [1.54, 1.807) is 11.3 Å². The highest BCUT2D eigenvalue weighted by Crippen LogP contribution is 2.35. The molecule has 2 aromatic heterocycles. The third kappa shape index (κ3) is 3.80. The number of H-pyrrole nitrogens is 1. The number of carbonyl (C=O) groups is 1. The fourth-order valence-electron chi connectivity index (χ4n) is 4.41. The molecule has 0 spiro atoms. The molecule has 3 heterocycles. The average molecular weight is 391 g/mol. The Labute approximate surface area is 162 Å². The summed E-state index contributed by atoms with van der Waals surface area (Å²) in [7, 11) is 0. The molecule has 0 amide bonds. The Morgan fingerprint density at radius 3 is 2.85 bits per heavy atom. The topological polar surface area (TPSA) is 76.5 Å². The van der Waals surface area contributed by atoms with Gasteiger partial charge in [0.05, 0.1) is 31.0 Å². The number of thiophene rings is 1. The lowest BCUT2D eigenvalue weighted by Gasteiger charge is -2.27. The van der Waals surface area contributed by atoms with E-state index in [1.165, 1.54) is 15.3 Å². The standard InChI is InChI=1S/C20H27N3O3S/c1-3-26-20(25)13-6-8-23(9-7-13)11-16-21-18(24)17-14-5-4-12(2)10-15(14)27-19(17)22-16/h12-13H,3-11H2,1-2H3,(H,21,22,24)/p+1/t12-/m0/s1. The van der Waals surface area contributed by atoms with Gasteiger partial charge in [-0.2, -0.15) is 0 Å². The number of fused-ring (bicyclic) bond motifs is 3. The molecule has 0 bridgehead atoms. The zero-order chi connectivity index (χ0) is 19.0. The van der Waals surface area contributed by atoms with Crippen LogP contribution in [0.3, 0.4) is 0 Å². The van der Waals surface area contributed by atoms with Gasteiger partial charge in [0.1, 0.15) is 11.4 Å². The Balaban J connectivity index is 1.47. The predicted octanol–water partition coefficient (Wildman–Crippen LogP) is 1.47. The van der Waals surface area contributed by atoms with E-state index in [4.69, 9.17) is 9.72 Å². The van der Waals surface area contributed by atoms with Gasteiger partial charge in [0.15, 0.2) is 5.82 Å². The number of quaternary nitrogens is 1. The quantitative estimate of drug-likeness (QED) is 0.775. The van der Waals surface area contributed by atoms with Crippen molar-refractivity contribution in [2.24, 2.45) is 11.8 Å². The largest absolute Gasteiger partial charge is 0.466 e. The number of aromatic amines is 1. The first kappa shape index (κ1) is 18.6. The highest BCUT2D eigenvalue weighted by Gasteiger charge is 2.29. The molecule has 0 aromatic carbocycles. The van der Waals surface area contributed by atoms with Gasteiger partial charge in [0.2, 0.25) is 0 Å². The van der Waals surface area contributed by atoms with Crippen LogP contribution in [0, 0.1) is 11.8 Å². The summed E-state index contributed by atoms with van der Waals surface area (Å²) in [6.07, 6.45) is 4.89. The third-order valence-corrected chi connectivity index (χ3v) is 7.09. The Bertz CT molecular complexity index is 896. The Hall–Kier alpha value is -1.73. The molecule has 2 N–H and O–H groups in total. The minimum Gasteiger partial charge on any atom is -0.466 e. The van der Waals surface area contributed by atoms with Crippen LogP contribution >= 0.6 is 11.3 Å². The van der Waals surface area contributed by atoms with Gasteiger partial charge in [-0.05, 0) is 37.7 Å². The zero-order valence-corrected chi connectivity index (χ0v) is 16.9. The van der Waals surface area contributed by atoms with Gasteiger partial charge in [0.25, 0.3) is 5.56 Å². The normalized spacial score (nSPS) is 25.3. The number of rotatable bonds is 4. The molecule has 146 valence electrons. The molecule has 2 aromatic rings. The number of likely N-dealkylation sites (tertiary alicyclic amines) is 1. The summed E-state index contributed by atoms with van der Waals surface area (Å²) < 4.78 is 5.14. The average Bonchev–Trinajstić information content (AvgIpc) is 3.00. The number of piperidine rings is 1. The monoisotopic (exact) mass is 390 g/mol. The van der Waals surface area contributed by atoms with Crippen LogP contribution in [0.2, 0.25) is 0 Å². The fraction of sp³-hybridized carbons (Fsp3) is 0.650. The molecule has 4 rings (SSSR count). The summed E-state index contributed by atoms with van der Waals surface area (Å²) in [6.45, 7) is 7.09. The summed E-state index contributed by atoms with van der Waals surface area (Å²) in [6, 6.07) is 0. The lowest BCUT2D eigenvalue weighted by Crippen LogP contribution is -3.12. The number of hydrogen-bond donors (Lipinski definition) is 2. The highest BCUT2D eigenvalue weighted by molar-refractivity contribution is 7.18. The lowest BCUT2D eigenvalue weighted by molar-refractivity contribution is -0.920. The van der Waals surface area contributed by atoms with E-state index in [9.17, 15) is 9.59 Å². The van der Waals surface area contributed by atoms with Crippen LogP contribution in [-0.2, 0) is 28.9 Å². The van der Waals surface area contributed by atoms with Crippen LogP contribution in [0.15, 0.2) is 4.79 Å². The third-order valence-electron chi connectivity index (χ3n) is 5.94. The lowest BCUT2D eigenvalue weighted by atomic mass is 9.89. The van der Waals surface area contributed by atoms with Crippen LogP contribution in [0.1, 0.15) is 49.4 Å². The number of hydrogen-bond acceptors (Lipinski definition) is 5. The first-order chi connectivity index (χ1) is 13.0. The van der Waals surface area contributed by atoms with Crippen LogP contribution in [-0.4, -0.2) is 35.6 Å². The number of aromatic nitrogens is 2. The van der Waals surface area contributed by atoms with Gasteiger partial charge < -0.3 is 14.6 Å². The molecule has 0 saturated carbocycles. The maximum Gasteiger partial charge on any atom is 0.309 e. The van der Waals surface area contributed by atoms with E-state index >= 15 is 0 Å². The van der Waals surface area contributed by atoms with Crippen LogP contribution in [0.25, 0.3) is 10.2 Å². The second-order valence-corrected chi connectivity index (χ2v) is 9.08. The first-order valence-corrected chi connectivity index (χ1v) is 10.9. The smallest absolute Gasteiger partial charge is 0.309 e. The number of aryl methyl sites for hydroxylation is 1. The van der Waals surface area contributed by atoms with Crippen molar-refractivity contribution >= 4 is 27.5 Å². The molecule has 0 radical (unpaired) electrons. The fourth-order valence-corrected chi connectivity index (χ4v) is 5.81. The van der Waals surface area contributed by atoms with E-state index in [0.29, 0.717) is 19.1 Å². The molecule has 1 aliphatic heterocycles. The van der Waals surface area contributed by atoms with Gasteiger partial charge in [-0.1, -0.05) is 6.92 Å². The first-order valence-electron chi connectivity index (χ1n) is 10.1. The highest BCUT2D eigenvalue weighted by atomic mass is 32.1. The number of nitrogens with zero attached hydrogens (tertiary/aromatic N) is 1. The molecule has 1 atom stereocenters. The molecule has 27 heavy (non-hydrogen) atoms. The molecular formula is C20H28N3O3S+. The van der Waals surface area contributed by atoms with Crippen molar-refractivity contribution in [2.75, 3.05) is 19.7 Å². The molecule has 7 heteroatoms. The van der Waals surface area contributed by atoms with Gasteiger partial charge in [-0.3, -0.25) is 9.59 Å². The number of esters is 1. The van der Waals surface area contributed by atoms with Gasteiger partial charge in [0, 0.05) is 17.7 Å². The summed E-state index contributed by atoms with van der Waals surface area (Å²) in [5, 5.41) is 0.821. The molecule has 1 aliphatic carbocycles. The van der Waals surface area contributed by atoms with Crippen LogP contribution < -0.4 is 10.5 Å². The maximum absolute atomic E-state index is 12.7. The summed E-state index contributed by atoms with van der Waals surface area (Å²) in [5.74, 6) is 1.41. The van der Waals surface area contributed by atoms with Crippen LogP contribution in [0.5, 0.6) is 0 Å². The molecule has 1 fully saturated rings. The number of nitrogens with one attached hydrogen (secondary N) is 2. The van der Waals surface area contributed by atoms with Crippen molar-refractivity contribution in [1.29, 1.82) is 0 Å². The Kier molecular flexibility index (Phi) is 5.32. The van der Waals surface area contributed by atoms with Gasteiger partial charge in [-0.25, -0.2) is 4.98 Å². The molecule has 1 saturated heterocycles. The molecule has 2 aliphatic rings. The second kappa shape index (κ2) is 7.72. The van der Waals surface area contributed by atoms with Crippen molar-refractivity contribution in [1.82, 2.24) is 9.97 Å². The van der Waals surface area contributed by atoms with E-state index in [1.807, 2.05) is 6.92 Å². The van der Waals surface area contributed by atoms with Gasteiger partial charge in [-0.15, -0.1) is 11.3 Å². The van der Waals surface area contributed by atoms with Crippen molar-refractivity contribution in [3.8, 4) is 0 Å². The summed E-state index contributed by atoms with van der Waals surface area (Å²) in [5.41, 5.74) is 1.25. The van der Waals surface area contributed by atoms with E-state index in [2.05, 4.69) is 11.9 Å². The van der Waals surface area contributed by atoms with Crippen molar-refractivity contribution < 1.29 is 14.4 Å². The van der Waals surface area contributed by atoms with E-state index < -0.39 is 0 Å². The summed E-state index contributed by atoms with van der Waals surface area (Å²) >= 11 is 1.70. The summed E-state index contributed by atoms with van der Waals surface area (Å²) in [4.78, 5) is 36.0. The van der Waals surface area contributed by atoms with Crippen molar-refractivity contribution in [3.05, 3.63) is 26.6 Å². The zero-order valence-electron chi connectivity index (χ0n) is 16.1. The van der Waals surface area contributed by atoms with E-state index in [-0.39, 0.29) is 17.4 Å². The van der Waals surface area contributed by atoms with Gasteiger partial charge >= 0.3 is 5.97 Å². The number of ether oxygens (including phenoxy) is 1. The molecule has 0 unspecified atom stereocenters. The van der Waals surface area contributed by atoms with Crippen LogP contribution in [0.4, 0.5) is 0 Å². The second-order valence-electron chi connectivity index (χ2n) is 8.00. The minimum atomic E-state index is -0.0668. The SMILES string of the molecule is CCOC(=O)C1CC[NH+](Cc2nc3sc4c(c3c(=O)[nH]2)CC[C@H](C)C4)CC1. The van der Waals surface area contributed by atoms with E-state index in [0.717, 1.165) is 61.2 Å². The maximum atomic E-state index is 12.7. The number of carbonyl (C=O) groups excluding carboxylic acids is 1. The Morgan fingerprint density at radius 2 is 2.11 bits per heavy atom. The van der Waals surface area contributed by atoms with Crippen molar-refractivity contribution in [2.45, 2.75) is 52.5 Å². The molecular weight excluding hydrogens is 362 g/mol. The molecule has 6 nitrogen and oxygen atoms in total. The minimum absolute atomic E-state index is 0.0165. The predicted molar refractivity (Wildman–Crippen MR) is 105 cm³/mol. The van der Waals surface area contributed by atoms with Crippen molar-refractivity contribution in [3.63, 3.8) is 0 Å².